The van der Waals surface area contributed by atoms with E-state index >= 15 is 0 Å². The Kier molecular flexibility index (Phi) is 6.45. The van der Waals surface area contributed by atoms with E-state index in [2.05, 4.69) is 0 Å². The Bertz CT molecular complexity index is 1000. The van der Waals surface area contributed by atoms with Crippen LogP contribution < -0.4 is 0 Å². The normalized spacial score (nSPS) is 15.5. The van der Waals surface area contributed by atoms with Gasteiger partial charge in [0.25, 0.3) is 17.1 Å². The molecular weight excluding hydrogens is 408 g/mol. The molecule has 0 bridgehead atoms. The third-order valence-electron chi connectivity index (χ3n) is 4.63. The molecule has 2 aromatic rings. The number of carbonyl (C=O) groups excluding carboxylic acids is 3. The average Bonchev–Trinajstić information content (AvgIpc) is 2.94. The Morgan fingerprint density at radius 2 is 1.90 bits per heavy atom. The van der Waals surface area contributed by atoms with Gasteiger partial charge >= 0.3 is 0 Å². The van der Waals surface area contributed by atoms with Crippen molar-refractivity contribution in [1.29, 1.82) is 0 Å². The quantitative estimate of drug-likeness (QED) is 0.625. The molecule has 0 aliphatic carbocycles. The van der Waals surface area contributed by atoms with Crippen molar-refractivity contribution in [2.45, 2.75) is 26.4 Å². The van der Waals surface area contributed by atoms with Crippen LogP contribution in [0.5, 0.6) is 0 Å². The monoisotopic (exact) mass is 428 g/mol. The Morgan fingerprint density at radius 1 is 1.17 bits per heavy atom. The summed E-state index contributed by atoms with van der Waals surface area (Å²) in [4.78, 5) is 40.8. The van der Waals surface area contributed by atoms with Crippen molar-refractivity contribution in [1.82, 2.24) is 9.80 Å². The number of carbonyl (C=O) groups is 3. The van der Waals surface area contributed by atoms with Crippen LogP contribution in [0, 0.1) is 0 Å². The number of hydrogen-bond acceptors (Lipinski definition) is 4. The second kappa shape index (κ2) is 8.84. The summed E-state index contributed by atoms with van der Waals surface area (Å²) in [5.41, 5.74) is 2.01. The molecule has 1 aliphatic rings. The molecule has 0 spiro atoms. The zero-order valence-electron chi connectivity index (χ0n) is 16.4. The third kappa shape index (κ3) is 4.89. The lowest BCUT2D eigenvalue weighted by Crippen LogP contribution is -2.32. The molecule has 2 aromatic carbocycles. The molecule has 3 amide bonds. The highest BCUT2D eigenvalue weighted by Gasteiger charge is 2.35. The molecule has 1 fully saturated rings. The first-order chi connectivity index (χ1) is 13.8. The number of amides is 3. The van der Waals surface area contributed by atoms with Crippen LogP contribution >= 0.6 is 23.4 Å². The van der Waals surface area contributed by atoms with Crippen LogP contribution in [-0.2, 0) is 11.3 Å². The highest BCUT2D eigenvalue weighted by molar-refractivity contribution is 8.18. The van der Waals surface area contributed by atoms with E-state index in [1.54, 1.807) is 60.5 Å². The van der Waals surface area contributed by atoms with Crippen molar-refractivity contribution < 1.29 is 14.4 Å². The molecule has 0 saturated carbocycles. The van der Waals surface area contributed by atoms with Crippen LogP contribution in [0.1, 0.15) is 35.3 Å². The fraction of sp³-hybridized carbons (Fsp3) is 0.227. The summed E-state index contributed by atoms with van der Waals surface area (Å²) >= 11 is 6.88. The molecule has 3 rings (SSSR count). The smallest absolute Gasteiger partial charge is 0.293 e. The van der Waals surface area contributed by atoms with E-state index in [0.29, 0.717) is 21.1 Å². The van der Waals surface area contributed by atoms with Crippen LogP contribution in [-0.4, -0.2) is 39.9 Å². The zero-order chi connectivity index (χ0) is 21.1. The van der Waals surface area contributed by atoms with Gasteiger partial charge in [-0.25, -0.2) is 0 Å². The number of benzene rings is 2. The fourth-order valence-electron chi connectivity index (χ4n) is 2.81. The minimum atomic E-state index is -0.351. The molecule has 0 radical (unpaired) electrons. The summed E-state index contributed by atoms with van der Waals surface area (Å²) in [6.45, 7) is 4.05. The maximum atomic E-state index is 12.7. The molecule has 0 N–H and O–H groups in total. The van der Waals surface area contributed by atoms with E-state index in [1.807, 2.05) is 19.9 Å². The molecule has 1 aliphatic heterocycles. The number of nitrogens with zero attached hydrogens (tertiary/aromatic N) is 2. The zero-order valence-corrected chi connectivity index (χ0v) is 18.0. The Labute approximate surface area is 179 Å². The molecule has 5 nitrogen and oxygen atoms in total. The van der Waals surface area contributed by atoms with Gasteiger partial charge in [0.05, 0.1) is 11.4 Å². The molecule has 1 saturated heterocycles. The topological polar surface area (TPSA) is 57.7 Å². The summed E-state index contributed by atoms with van der Waals surface area (Å²) in [6, 6.07) is 14.2. The van der Waals surface area contributed by atoms with Crippen molar-refractivity contribution in [3.63, 3.8) is 0 Å². The van der Waals surface area contributed by atoms with E-state index in [9.17, 15) is 14.4 Å². The molecule has 7 heteroatoms. The highest BCUT2D eigenvalue weighted by atomic mass is 35.5. The minimum Gasteiger partial charge on any atom is -0.339 e. The van der Waals surface area contributed by atoms with Gasteiger partial charge in [-0.05, 0) is 67.1 Å². The van der Waals surface area contributed by atoms with Crippen molar-refractivity contribution in [2.24, 2.45) is 0 Å². The average molecular weight is 429 g/mol. The van der Waals surface area contributed by atoms with Gasteiger partial charge in [0.1, 0.15) is 0 Å². The fourth-order valence-corrected chi connectivity index (χ4v) is 3.86. The maximum absolute atomic E-state index is 12.7. The Hall–Kier alpha value is -2.57. The molecule has 1 heterocycles. The standard InChI is InChI=1S/C22H21ClN2O3S/c1-14(2)24(3)20(26)17-8-4-6-15(10-17)12-19-21(27)25(22(28)29-19)13-16-7-5-9-18(23)11-16/h4-12,14H,13H2,1-3H3/b19-12-. The van der Waals surface area contributed by atoms with E-state index in [1.165, 1.54) is 4.90 Å². The van der Waals surface area contributed by atoms with Crippen LogP contribution in [0.2, 0.25) is 5.02 Å². The maximum Gasteiger partial charge on any atom is 0.293 e. The minimum absolute atomic E-state index is 0.0779. The molecule has 150 valence electrons. The van der Waals surface area contributed by atoms with Crippen molar-refractivity contribution >= 4 is 46.5 Å². The van der Waals surface area contributed by atoms with Gasteiger partial charge in [0, 0.05) is 23.7 Å². The predicted molar refractivity (Wildman–Crippen MR) is 117 cm³/mol. The second-order valence-corrected chi connectivity index (χ2v) is 8.46. The molecule has 0 unspecified atom stereocenters. The number of imide groups is 1. The van der Waals surface area contributed by atoms with E-state index in [-0.39, 0.29) is 29.6 Å². The Morgan fingerprint density at radius 3 is 2.59 bits per heavy atom. The summed E-state index contributed by atoms with van der Waals surface area (Å²) in [5, 5.41) is 0.228. The molecular formula is C22H21ClN2O3S. The predicted octanol–water partition coefficient (Wildman–Crippen LogP) is 5.06. The van der Waals surface area contributed by atoms with Crippen molar-refractivity contribution in [3.8, 4) is 0 Å². The van der Waals surface area contributed by atoms with Gasteiger partial charge < -0.3 is 4.90 Å². The largest absolute Gasteiger partial charge is 0.339 e. The summed E-state index contributed by atoms with van der Waals surface area (Å²) in [6.07, 6.45) is 1.65. The van der Waals surface area contributed by atoms with Gasteiger partial charge in [-0.1, -0.05) is 35.9 Å². The van der Waals surface area contributed by atoms with Crippen LogP contribution in [0.3, 0.4) is 0 Å². The molecule has 29 heavy (non-hydrogen) atoms. The van der Waals surface area contributed by atoms with E-state index in [0.717, 1.165) is 17.3 Å². The van der Waals surface area contributed by atoms with Crippen LogP contribution in [0.15, 0.2) is 53.4 Å². The molecule has 0 atom stereocenters. The number of thioether (sulfide) groups is 1. The van der Waals surface area contributed by atoms with Crippen LogP contribution in [0.4, 0.5) is 4.79 Å². The first-order valence-electron chi connectivity index (χ1n) is 9.13. The summed E-state index contributed by atoms with van der Waals surface area (Å²) in [7, 11) is 1.75. The van der Waals surface area contributed by atoms with E-state index < -0.39 is 0 Å². The lowest BCUT2D eigenvalue weighted by molar-refractivity contribution is -0.123. The van der Waals surface area contributed by atoms with Crippen molar-refractivity contribution in [2.75, 3.05) is 7.05 Å². The number of rotatable bonds is 5. The lowest BCUT2D eigenvalue weighted by atomic mass is 10.1. The Balaban J connectivity index is 1.81. The van der Waals surface area contributed by atoms with Crippen LogP contribution in [0.25, 0.3) is 6.08 Å². The van der Waals surface area contributed by atoms with Crippen molar-refractivity contribution in [3.05, 3.63) is 75.1 Å². The molecule has 0 aromatic heterocycles. The summed E-state index contributed by atoms with van der Waals surface area (Å²) in [5.74, 6) is -0.444. The van der Waals surface area contributed by atoms with Gasteiger partial charge in [-0.2, -0.15) is 0 Å². The number of halogens is 1. The highest BCUT2D eigenvalue weighted by Crippen LogP contribution is 2.33. The van der Waals surface area contributed by atoms with Gasteiger partial charge in [-0.3, -0.25) is 19.3 Å². The van der Waals surface area contributed by atoms with Gasteiger partial charge in [-0.15, -0.1) is 0 Å². The number of hydrogen-bond donors (Lipinski definition) is 0. The second-order valence-electron chi connectivity index (χ2n) is 7.03. The SMILES string of the molecule is CC(C)N(C)C(=O)c1cccc(/C=C2\SC(=O)N(Cc3cccc(Cl)c3)C2=O)c1. The first-order valence-corrected chi connectivity index (χ1v) is 10.3. The van der Waals surface area contributed by atoms with Gasteiger partial charge in [0.2, 0.25) is 0 Å². The lowest BCUT2D eigenvalue weighted by Gasteiger charge is -2.21. The first kappa shape index (κ1) is 21.1. The van der Waals surface area contributed by atoms with Gasteiger partial charge in [0.15, 0.2) is 0 Å². The third-order valence-corrected chi connectivity index (χ3v) is 5.77. The van der Waals surface area contributed by atoms with E-state index in [4.69, 9.17) is 11.6 Å². The summed E-state index contributed by atoms with van der Waals surface area (Å²) < 4.78 is 0.